The van der Waals surface area contributed by atoms with E-state index >= 15 is 0 Å². The maximum atomic E-state index is 12.3. The minimum atomic E-state index is -0.111. The SMILES string of the molecule is COc1ccc(C(=O)c2cc(C)cc(N)c2)cc1Cl. The van der Waals surface area contributed by atoms with Gasteiger partial charge in [0.15, 0.2) is 5.78 Å². The third-order valence-corrected chi connectivity index (χ3v) is 3.07. The number of halogens is 1. The van der Waals surface area contributed by atoms with E-state index in [0.717, 1.165) is 5.56 Å². The highest BCUT2D eigenvalue weighted by atomic mass is 35.5. The first kappa shape index (κ1) is 13.4. The van der Waals surface area contributed by atoms with Gasteiger partial charge in [-0.2, -0.15) is 0 Å². The molecule has 0 bridgehead atoms. The Morgan fingerprint density at radius 2 is 1.89 bits per heavy atom. The third-order valence-electron chi connectivity index (χ3n) is 2.78. The molecular formula is C15H14ClNO2. The number of hydrogen-bond donors (Lipinski definition) is 1. The molecule has 2 aromatic carbocycles. The normalized spacial score (nSPS) is 10.3. The largest absolute Gasteiger partial charge is 0.495 e. The molecule has 2 N–H and O–H groups in total. The van der Waals surface area contributed by atoms with E-state index in [1.165, 1.54) is 7.11 Å². The quantitative estimate of drug-likeness (QED) is 0.689. The van der Waals surface area contributed by atoms with Crippen molar-refractivity contribution in [1.29, 1.82) is 0 Å². The molecule has 0 amide bonds. The topological polar surface area (TPSA) is 52.3 Å². The molecule has 0 radical (unpaired) electrons. The minimum Gasteiger partial charge on any atom is -0.495 e. The van der Waals surface area contributed by atoms with Crippen molar-refractivity contribution in [3.63, 3.8) is 0 Å². The number of benzene rings is 2. The lowest BCUT2D eigenvalue weighted by Gasteiger charge is -2.07. The van der Waals surface area contributed by atoms with Crippen LogP contribution in [-0.4, -0.2) is 12.9 Å². The maximum Gasteiger partial charge on any atom is 0.193 e. The lowest BCUT2D eigenvalue weighted by atomic mass is 10.0. The van der Waals surface area contributed by atoms with Gasteiger partial charge in [0.25, 0.3) is 0 Å². The highest BCUT2D eigenvalue weighted by Crippen LogP contribution is 2.26. The lowest BCUT2D eigenvalue weighted by molar-refractivity contribution is 0.103. The van der Waals surface area contributed by atoms with Crippen molar-refractivity contribution < 1.29 is 9.53 Å². The molecule has 0 aliphatic carbocycles. The zero-order valence-electron chi connectivity index (χ0n) is 10.7. The molecule has 0 aliphatic heterocycles. The van der Waals surface area contributed by atoms with Crippen molar-refractivity contribution in [2.75, 3.05) is 12.8 Å². The molecule has 0 heterocycles. The molecule has 0 unspecified atom stereocenters. The van der Waals surface area contributed by atoms with Crippen LogP contribution in [0, 0.1) is 6.92 Å². The van der Waals surface area contributed by atoms with Crippen LogP contribution in [0.4, 0.5) is 5.69 Å². The maximum absolute atomic E-state index is 12.3. The highest BCUT2D eigenvalue weighted by molar-refractivity contribution is 6.32. The lowest BCUT2D eigenvalue weighted by Crippen LogP contribution is -2.03. The van der Waals surface area contributed by atoms with Crippen LogP contribution in [-0.2, 0) is 0 Å². The van der Waals surface area contributed by atoms with E-state index in [4.69, 9.17) is 22.1 Å². The summed E-state index contributed by atoms with van der Waals surface area (Å²) in [4.78, 5) is 12.3. The predicted molar refractivity (Wildman–Crippen MR) is 77.0 cm³/mol. The molecule has 3 nitrogen and oxygen atoms in total. The number of anilines is 1. The number of ether oxygens (including phenoxy) is 1. The monoisotopic (exact) mass is 275 g/mol. The molecule has 0 atom stereocenters. The van der Waals surface area contributed by atoms with Gasteiger partial charge >= 0.3 is 0 Å². The van der Waals surface area contributed by atoms with Crippen LogP contribution in [0.1, 0.15) is 21.5 Å². The summed E-state index contributed by atoms with van der Waals surface area (Å²) in [5, 5.41) is 0.411. The Bertz CT molecular complexity index is 618. The number of nitrogen functional groups attached to an aromatic ring is 1. The number of carbonyl (C=O) groups is 1. The van der Waals surface area contributed by atoms with Gasteiger partial charge in [-0.25, -0.2) is 0 Å². The molecule has 19 heavy (non-hydrogen) atoms. The van der Waals surface area contributed by atoms with Crippen LogP contribution < -0.4 is 10.5 Å². The zero-order valence-corrected chi connectivity index (χ0v) is 11.5. The van der Waals surface area contributed by atoms with Gasteiger partial charge in [0, 0.05) is 16.8 Å². The van der Waals surface area contributed by atoms with Gasteiger partial charge in [0.05, 0.1) is 12.1 Å². The summed E-state index contributed by atoms with van der Waals surface area (Å²) in [5.41, 5.74) is 8.34. The van der Waals surface area contributed by atoms with E-state index in [1.54, 1.807) is 30.3 Å². The summed E-state index contributed by atoms with van der Waals surface area (Å²) < 4.78 is 5.06. The van der Waals surface area contributed by atoms with Crippen molar-refractivity contribution in [2.45, 2.75) is 6.92 Å². The summed E-state index contributed by atoms with van der Waals surface area (Å²) in [6.07, 6.45) is 0. The molecule has 0 saturated heterocycles. The van der Waals surface area contributed by atoms with Crippen molar-refractivity contribution in [1.82, 2.24) is 0 Å². The number of ketones is 1. The number of nitrogens with two attached hydrogens (primary N) is 1. The fourth-order valence-electron chi connectivity index (χ4n) is 1.92. The first-order valence-corrected chi connectivity index (χ1v) is 6.14. The molecule has 2 aromatic rings. The Balaban J connectivity index is 2.41. The summed E-state index contributed by atoms with van der Waals surface area (Å²) in [7, 11) is 1.53. The van der Waals surface area contributed by atoms with E-state index in [0.29, 0.717) is 27.6 Å². The van der Waals surface area contributed by atoms with Crippen LogP contribution in [0.3, 0.4) is 0 Å². The Morgan fingerprint density at radius 3 is 2.47 bits per heavy atom. The van der Waals surface area contributed by atoms with Crippen LogP contribution in [0.15, 0.2) is 36.4 Å². The van der Waals surface area contributed by atoms with Crippen LogP contribution in [0.5, 0.6) is 5.75 Å². The Morgan fingerprint density at radius 1 is 1.16 bits per heavy atom. The van der Waals surface area contributed by atoms with Gasteiger partial charge in [-0.15, -0.1) is 0 Å². The number of carbonyl (C=O) groups excluding carboxylic acids is 1. The number of methoxy groups -OCH3 is 1. The van der Waals surface area contributed by atoms with Gasteiger partial charge in [0.1, 0.15) is 5.75 Å². The first-order valence-electron chi connectivity index (χ1n) is 5.76. The molecule has 0 fully saturated rings. The smallest absolute Gasteiger partial charge is 0.193 e. The summed E-state index contributed by atoms with van der Waals surface area (Å²) in [5.74, 6) is 0.432. The predicted octanol–water partition coefficient (Wildman–Crippen LogP) is 3.47. The van der Waals surface area contributed by atoms with Crippen molar-refractivity contribution >= 4 is 23.1 Å². The van der Waals surface area contributed by atoms with Gasteiger partial charge in [-0.05, 0) is 48.9 Å². The number of rotatable bonds is 3. The van der Waals surface area contributed by atoms with Crippen LogP contribution in [0.25, 0.3) is 0 Å². The van der Waals surface area contributed by atoms with E-state index < -0.39 is 0 Å². The van der Waals surface area contributed by atoms with Crippen molar-refractivity contribution in [3.05, 3.63) is 58.1 Å². The molecule has 2 rings (SSSR count). The van der Waals surface area contributed by atoms with Crippen molar-refractivity contribution in [3.8, 4) is 5.75 Å². The number of aryl methyl sites for hydroxylation is 1. The second-order valence-electron chi connectivity index (χ2n) is 4.31. The first-order chi connectivity index (χ1) is 9.01. The molecule has 0 aromatic heterocycles. The molecule has 0 spiro atoms. The van der Waals surface area contributed by atoms with Gasteiger partial charge < -0.3 is 10.5 Å². The van der Waals surface area contributed by atoms with Gasteiger partial charge in [0.2, 0.25) is 0 Å². The minimum absolute atomic E-state index is 0.111. The molecule has 0 aliphatic rings. The summed E-state index contributed by atoms with van der Waals surface area (Å²) >= 11 is 6.02. The molecule has 4 heteroatoms. The Kier molecular flexibility index (Phi) is 3.76. The van der Waals surface area contributed by atoms with Crippen molar-refractivity contribution in [2.24, 2.45) is 0 Å². The van der Waals surface area contributed by atoms with Crippen LogP contribution in [0.2, 0.25) is 5.02 Å². The summed E-state index contributed by atoms with van der Waals surface area (Å²) in [6.45, 7) is 1.90. The highest BCUT2D eigenvalue weighted by Gasteiger charge is 2.12. The van der Waals surface area contributed by atoms with Gasteiger partial charge in [-0.3, -0.25) is 4.79 Å². The zero-order chi connectivity index (χ0) is 14.0. The van der Waals surface area contributed by atoms with E-state index in [1.807, 2.05) is 13.0 Å². The molecule has 98 valence electrons. The average Bonchev–Trinajstić information content (AvgIpc) is 2.36. The summed E-state index contributed by atoms with van der Waals surface area (Å²) in [6, 6.07) is 10.2. The Labute approximate surface area is 117 Å². The standard InChI is InChI=1S/C15H14ClNO2/c1-9-5-11(7-12(17)6-9)15(18)10-3-4-14(19-2)13(16)8-10/h3-8H,17H2,1-2H3. The number of hydrogen-bond acceptors (Lipinski definition) is 3. The average molecular weight is 276 g/mol. The fourth-order valence-corrected chi connectivity index (χ4v) is 2.18. The molecular weight excluding hydrogens is 262 g/mol. The van der Waals surface area contributed by atoms with Gasteiger partial charge in [-0.1, -0.05) is 11.6 Å². The second-order valence-corrected chi connectivity index (χ2v) is 4.72. The molecule has 0 saturated carbocycles. The fraction of sp³-hybridized carbons (Fsp3) is 0.133. The third kappa shape index (κ3) is 2.88. The van der Waals surface area contributed by atoms with E-state index in [2.05, 4.69) is 0 Å². The second kappa shape index (κ2) is 5.33. The van der Waals surface area contributed by atoms with E-state index in [9.17, 15) is 4.79 Å². The Hall–Kier alpha value is -2.00. The van der Waals surface area contributed by atoms with E-state index in [-0.39, 0.29) is 5.78 Å². The van der Waals surface area contributed by atoms with Crippen LogP contribution >= 0.6 is 11.6 Å².